The number of hydrogen-bond donors (Lipinski definition) is 2. The van der Waals surface area contributed by atoms with Crippen molar-refractivity contribution in [2.45, 2.75) is 24.4 Å². The molecule has 0 aromatic heterocycles. The highest BCUT2D eigenvalue weighted by molar-refractivity contribution is 6.30. The molecule has 70 valence electrons. The summed E-state index contributed by atoms with van der Waals surface area (Å²) in [4.78, 5) is 2.90. The van der Waals surface area contributed by atoms with Crippen LogP contribution in [0.4, 0.5) is 0 Å². The van der Waals surface area contributed by atoms with Crippen molar-refractivity contribution >= 4 is 11.6 Å². The zero-order valence-corrected chi connectivity index (χ0v) is 7.35. The third kappa shape index (κ3) is 2.20. The van der Waals surface area contributed by atoms with Crippen LogP contribution in [-0.4, -0.2) is 34.6 Å². The van der Waals surface area contributed by atoms with Gasteiger partial charge in [-0.25, -0.2) is 4.85 Å². The Hall–Kier alpha value is -0.600. The molecule has 13 heavy (non-hydrogen) atoms. The van der Waals surface area contributed by atoms with Gasteiger partial charge in [-0.05, 0) is 13.0 Å². The minimum absolute atomic E-state index is 0.120. The summed E-state index contributed by atoms with van der Waals surface area (Å²) in [7, 11) is 0. The van der Waals surface area contributed by atoms with Crippen LogP contribution >= 0.6 is 11.6 Å². The second-order valence-corrected chi connectivity index (χ2v) is 3.03. The summed E-state index contributed by atoms with van der Waals surface area (Å²) in [5.41, 5.74) is 0. The van der Waals surface area contributed by atoms with Crippen molar-refractivity contribution in [3.8, 4) is 0 Å². The summed E-state index contributed by atoms with van der Waals surface area (Å²) in [6.07, 6.45) is -2.81. The summed E-state index contributed by atoms with van der Waals surface area (Å²) in [6.45, 7) is 11.8. The summed E-state index contributed by atoms with van der Waals surface area (Å²) < 4.78 is 4.93. The maximum Gasteiger partial charge on any atom is 0.251 e. The number of halogens is 1. The van der Waals surface area contributed by atoms with E-state index in [2.05, 4.69) is 4.85 Å². The molecule has 2 N–H and O–H groups in total. The van der Waals surface area contributed by atoms with Crippen molar-refractivity contribution < 1.29 is 14.9 Å². The van der Waals surface area contributed by atoms with E-state index in [9.17, 15) is 10.2 Å². The van der Waals surface area contributed by atoms with E-state index in [1.165, 1.54) is 6.08 Å². The van der Waals surface area contributed by atoms with Gasteiger partial charge in [0.1, 0.15) is 12.2 Å². The molecule has 1 saturated heterocycles. The molecule has 1 unspecified atom stereocenters. The van der Waals surface area contributed by atoms with Crippen LogP contribution in [0.3, 0.4) is 0 Å². The zero-order chi connectivity index (χ0) is 10.0. The molecule has 1 aliphatic heterocycles. The molecule has 1 fully saturated rings. The number of nitrogens with zero attached hydrogens (tertiary/aromatic N) is 1. The van der Waals surface area contributed by atoms with Crippen molar-refractivity contribution in [3.05, 3.63) is 29.6 Å². The van der Waals surface area contributed by atoms with Gasteiger partial charge in [-0.15, -0.1) is 11.6 Å². The predicted molar refractivity (Wildman–Crippen MR) is 45.5 cm³/mol. The van der Waals surface area contributed by atoms with Crippen LogP contribution in [0.15, 0.2) is 11.2 Å². The molecule has 2 radical (unpaired) electrons. The Morgan fingerprint density at radius 3 is 2.54 bits per heavy atom. The molecule has 0 spiro atoms. The fourth-order valence-corrected chi connectivity index (χ4v) is 1.17. The third-order valence-corrected chi connectivity index (χ3v) is 1.96. The molecule has 1 heterocycles. The van der Waals surface area contributed by atoms with Crippen molar-refractivity contribution in [2.75, 3.05) is 0 Å². The molecule has 0 aromatic carbocycles. The van der Waals surface area contributed by atoms with Crippen LogP contribution in [0.5, 0.6) is 0 Å². The summed E-state index contributed by atoms with van der Waals surface area (Å²) >= 11 is 5.40. The first-order chi connectivity index (χ1) is 6.06. The smallest absolute Gasteiger partial charge is 0.251 e. The molecule has 0 aromatic rings. The van der Waals surface area contributed by atoms with Crippen molar-refractivity contribution in [3.63, 3.8) is 0 Å². The van der Waals surface area contributed by atoms with E-state index in [4.69, 9.17) is 29.8 Å². The minimum Gasteiger partial charge on any atom is -0.388 e. The normalized spacial score (nSPS) is 40.4. The molecule has 0 bridgehead atoms. The lowest BCUT2D eigenvalue weighted by molar-refractivity contribution is 0.0390. The van der Waals surface area contributed by atoms with Gasteiger partial charge in [0, 0.05) is 0 Å². The fourth-order valence-electron chi connectivity index (χ4n) is 1.04. The van der Waals surface area contributed by atoms with E-state index in [1.54, 1.807) is 0 Å². The number of ether oxygens (including phenoxy) is 1. The quantitative estimate of drug-likeness (QED) is 0.470. The summed E-state index contributed by atoms with van der Waals surface area (Å²) in [6, 6.07) is 0. The molecule has 0 amide bonds. The maximum absolute atomic E-state index is 9.31. The molecule has 1 aliphatic rings. The number of rotatable bonds is 1. The van der Waals surface area contributed by atoms with Gasteiger partial charge in [0.2, 0.25) is 0 Å². The van der Waals surface area contributed by atoms with E-state index in [0.29, 0.717) is 0 Å². The first-order valence-corrected chi connectivity index (χ1v) is 3.96. The van der Waals surface area contributed by atoms with Gasteiger partial charge in [0.25, 0.3) is 5.16 Å². The third-order valence-electron chi connectivity index (χ3n) is 1.75. The van der Waals surface area contributed by atoms with Crippen LogP contribution in [0, 0.1) is 13.5 Å². The Balaban J connectivity index is 2.70. The van der Waals surface area contributed by atoms with E-state index in [0.717, 1.165) is 0 Å². The Labute approximate surface area is 81.2 Å². The molecule has 5 heteroatoms. The molecular weight excluding hydrogens is 194 g/mol. The van der Waals surface area contributed by atoms with E-state index >= 15 is 0 Å². The van der Waals surface area contributed by atoms with Crippen LogP contribution in [0.1, 0.15) is 0 Å². The van der Waals surface area contributed by atoms with Gasteiger partial charge in [-0.2, -0.15) is 0 Å². The largest absolute Gasteiger partial charge is 0.388 e. The second kappa shape index (κ2) is 4.07. The average molecular weight is 202 g/mol. The van der Waals surface area contributed by atoms with E-state index in [1.807, 2.05) is 0 Å². The van der Waals surface area contributed by atoms with Gasteiger partial charge in [-0.3, -0.25) is 0 Å². The Morgan fingerprint density at radius 1 is 1.54 bits per heavy atom. The minimum atomic E-state index is -1.14. The van der Waals surface area contributed by atoms with Crippen LogP contribution < -0.4 is 0 Å². The summed E-state index contributed by atoms with van der Waals surface area (Å²) in [5.74, 6) is 0. The van der Waals surface area contributed by atoms with Gasteiger partial charge in [0.05, 0.1) is 18.8 Å². The van der Waals surface area contributed by atoms with Crippen LogP contribution in [-0.2, 0) is 4.74 Å². The molecular formula is C8H8ClNO3. The van der Waals surface area contributed by atoms with Crippen molar-refractivity contribution in [2.24, 2.45) is 0 Å². The highest BCUT2D eigenvalue weighted by Gasteiger charge is 2.39. The SMILES string of the molecule is [C-]#[N+]/C(Cl)=C\[C@H]1O[C@@H]([CH])C(O)[C@H]1O. The highest BCUT2D eigenvalue weighted by atomic mass is 35.5. The lowest BCUT2D eigenvalue weighted by atomic mass is 10.1. The molecule has 0 saturated carbocycles. The predicted octanol–water partition coefficient (Wildman–Crippen LogP) is 0.186. The number of aliphatic hydroxyl groups is 2. The van der Waals surface area contributed by atoms with Gasteiger partial charge in [-0.1, -0.05) is 0 Å². The Morgan fingerprint density at radius 2 is 2.15 bits per heavy atom. The van der Waals surface area contributed by atoms with Crippen molar-refractivity contribution in [1.29, 1.82) is 0 Å². The lowest BCUT2D eigenvalue weighted by Gasteiger charge is -2.09. The monoisotopic (exact) mass is 201 g/mol. The van der Waals surface area contributed by atoms with Gasteiger partial charge < -0.3 is 14.9 Å². The Bertz CT molecular complexity index is 261. The fraction of sp³-hybridized carbons (Fsp3) is 0.500. The van der Waals surface area contributed by atoms with E-state index < -0.39 is 24.4 Å². The van der Waals surface area contributed by atoms with Gasteiger partial charge >= 0.3 is 0 Å². The molecule has 1 rings (SSSR count). The first kappa shape index (κ1) is 10.5. The Kier molecular flexibility index (Phi) is 3.28. The molecule has 4 atom stereocenters. The highest BCUT2D eigenvalue weighted by Crippen LogP contribution is 2.23. The lowest BCUT2D eigenvalue weighted by Crippen LogP contribution is -2.30. The van der Waals surface area contributed by atoms with Crippen molar-refractivity contribution in [1.82, 2.24) is 0 Å². The summed E-state index contributed by atoms with van der Waals surface area (Å²) in [5, 5.41) is 18.4. The first-order valence-electron chi connectivity index (χ1n) is 3.58. The number of aliphatic hydroxyl groups excluding tert-OH is 2. The molecule has 4 nitrogen and oxygen atoms in total. The van der Waals surface area contributed by atoms with Gasteiger partial charge in [0.15, 0.2) is 0 Å². The zero-order valence-electron chi connectivity index (χ0n) is 6.59. The number of hydrogen-bond acceptors (Lipinski definition) is 3. The standard InChI is InChI=1S/C8H8ClNO3/c1-4-7(11)8(12)5(13-4)3-6(9)10-2/h1,3-5,7-8,11-12H/b6-3-/t4-,5+,7?,8-/m0/s1. The van der Waals surface area contributed by atoms with E-state index in [-0.39, 0.29) is 5.16 Å². The maximum atomic E-state index is 9.31. The van der Waals surface area contributed by atoms with Crippen LogP contribution in [0.25, 0.3) is 4.85 Å². The topological polar surface area (TPSA) is 54.0 Å². The molecule has 0 aliphatic carbocycles. The second-order valence-electron chi connectivity index (χ2n) is 2.65. The van der Waals surface area contributed by atoms with Crippen LogP contribution in [0.2, 0.25) is 0 Å². The average Bonchev–Trinajstić information content (AvgIpc) is 2.34.